The van der Waals surface area contributed by atoms with E-state index in [1.807, 2.05) is 0 Å². The van der Waals surface area contributed by atoms with Gasteiger partial charge in [-0.25, -0.2) is 13.9 Å². The van der Waals surface area contributed by atoms with Crippen molar-refractivity contribution in [3.05, 3.63) is 34.4 Å². The van der Waals surface area contributed by atoms with Crippen LogP contribution >= 0.6 is 11.9 Å². The lowest BCUT2D eigenvalue weighted by Gasteiger charge is -2.26. The number of carbonyl (C=O) groups excluding carboxylic acids is 2. The first-order chi connectivity index (χ1) is 11.3. The van der Waals surface area contributed by atoms with Crippen molar-refractivity contribution in [2.45, 2.75) is 17.4 Å². The molecule has 0 spiro atoms. The van der Waals surface area contributed by atoms with Crippen molar-refractivity contribution in [3.8, 4) is 0 Å². The normalized spacial score (nSPS) is 11.2. The van der Waals surface area contributed by atoms with E-state index < -0.39 is 35.3 Å². The van der Waals surface area contributed by atoms with E-state index in [1.165, 1.54) is 38.4 Å². The number of benzene rings is 1. The van der Waals surface area contributed by atoms with Gasteiger partial charge < -0.3 is 15.7 Å². The molecule has 1 aromatic rings. The molecule has 3 N–H and O–H groups in total. The summed E-state index contributed by atoms with van der Waals surface area (Å²) >= 11 is 0.584. The molecule has 1 aromatic carbocycles. The van der Waals surface area contributed by atoms with Crippen LogP contribution in [-0.2, 0) is 9.59 Å². The van der Waals surface area contributed by atoms with Crippen molar-refractivity contribution in [3.63, 3.8) is 0 Å². The number of nitro groups is 1. The summed E-state index contributed by atoms with van der Waals surface area (Å²) in [6, 6.07) is 3.29. The standard InChI is InChI=1S/C13H16N4O6S/c1-14-11(18)7-9(12(19)20)16(13(21)15-2)24-10-6-4-3-5-8(10)17(22)23/h3-6,9H,7H2,1-2H3,(H,14,18)(H,15,21)(H,19,20). The number of carbonyl (C=O) groups is 3. The van der Waals surface area contributed by atoms with Gasteiger partial charge in [-0.05, 0) is 18.0 Å². The summed E-state index contributed by atoms with van der Waals surface area (Å²) < 4.78 is 0.792. The molecular weight excluding hydrogens is 340 g/mol. The van der Waals surface area contributed by atoms with Crippen molar-refractivity contribution in [1.29, 1.82) is 0 Å². The third kappa shape index (κ3) is 4.84. The first kappa shape index (κ1) is 19.2. The molecule has 0 aliphatic carbocycles. The van der Waals surface area contributed by atoms with Crippen LogP contribution in [0.15, 0.2) is 29.2 Å². The number of nitrogens with zero attached hydrogens (tertiary/aromatic N) is 2. The summed E-state index contributed by atoms with van der Waals surface area (Å²) in [7, 11) is 2.62. The highest BCUT2D eigenvalue weighted by atomic mass is 32.2. The predicted molar refractivity (Wildman–Crippen MR) is 85.4 cm³/mol. The van der Waals surface area contributed by atoms with Gasteiger partial charge in [0.15, 0.2) is 6.04 Å². The first-order valence-corrected chi connectivity index (χ1v) is 7.44. The minimum atomic E-state index is -1.50. The van der Waals surface area contributed by atoms with Crippen molar-refractivity contribution < 1.29 is 24.4 Å². The zero-order chi connectivity index (χ0) is 18.3. The van der Waals surface area contributed by atoms with Gasteiger partial charge in [0.25, 0.3) is 5.69 Å². The van der Waals surface area contributed by atoms with Gasteiger partial charge in [-0.3, -0.25) is 14.9 Å². The van der Waals surface area contributed by atoms with E-state index in [2.05, 4.69) is 10.6 Å². The largest absolute Gasteiger partial charge is 0.480 e. The Kier molecular flexibility index (Phi) is 6.98. The van der Waals surface area contributed by atoms with Crippen molar-refractivity contribution in [2.75, 3.05) is 14.1 Å². The molecule has 3 amide bonds. The Morgan fingerprint density at radius 2 is 1.92 bits per heavy atom. The van der Waals surface area contributed by atoms with E-state index in [9.17, 15) is 29.6 Å². The van der Waals surface area contributed by atoms with Crippen LogP contribution in [0, 0.1) is 10.1 Å². The maximum Gasteiger partial charge on any atom is 0.328 e. The number of para-hydroxylation sites is 1. The highest BCUT2D eigenvalue weighted by molar-refractivity contribution is 7.97. The highest BCUT2D eigenvalue weighted by Gasteiger charge is 2.33. The summed E-state index contributed by atoms with van der Waals surface area (Å²) in [5, 5.41) is 24.9. The van der Waals surface area contributed by atoms with Gasteiger partial charge >= 0.3 is 12.0 Å². The number of urea groups is 1. The Hall–Kier alpha value is -2.82. The minimum absolute atomic E-state index is 0.0780. The fourth-order valence-electron chi connectivity index (χ4n) is 1.70. The predicted octanol–water partition coefficient (Wildman–Crippen LogP) is 0.833. The molecule has 10 nitrogen and oxygen atoms in total. The monoisotopic (exact) mass is 356 g/mol. The van der Waals surface area contributed by atoms with E-state index in [0.29, 0.717) is 11.9 Å². The van der Waals surface area contributed by atoms with Gasteiger partial charge in [0.2, 0.25) is 5.91 Å². The molecule has 0 heterocycles. The molecule has 1 rings (SSSR count). The topological polar surface area (TPSA) is 142 Å². The lowest BCUT2D eigenvalue weighted by atomic mass is 10.2. The number of aliphatic carboxylic acids is 1. The zero-order valence-electron chi connectivity index (χ0n) is 12.9. The lowest BCUT2D eigenvalue weighted by molar-refractivity contribution is -0.387. The Labute approximate surface area is 141 Å². The Morgan fingerprint density at radius 3 is 2.42 bits per heavy atom. The molecule has 1 unspecified atom stereocenters. The Balaban J connectivity index is 3.22. The molecule has 130 valence electrons. The van der Waals surface area contributed by atoms with Crippen LogP contribution in [0.5, 0.6) is 0 Å². The van der Waals surface area contributed by atoms with E-state index in [1.54, 1.807) is 0 Å². The highest BCUT2D eigenvalue weighted by Crippen LogP contribution is 2.33. The maximum atomic E-state index is 12.0. The third-order valence-electron chi connectivity index (χ3n) is 2.90. The van der Waals surface area contributed by atoms with Crippen molar-refractivity contribution >= 4 is 35.5 Å². The van der Waals surface area contributed by atoms with Crippen LogP contribution in [-0.4, -0.2) is 52.4 Å². The molecular formula is C13H16N4O6S. The molecule has 0 aliphatic rings. The summed E-state index contributed by atoms with van der Waals surface area (Å²) in [5.74, 6) is -1.99. The second-order valence-electron chi connectivity index (χ2n) is 4.43. The Bertz CT molecular complexity index is 653. The van der Waals surface area contributed by atoms with Crippen LogP contribution in [0.4, 0.5) is 10.5 Å². The second-order valence-corrected chi connectivity index (χ2v) is 5.44. The molecule has 0 saturated carbocycles. The molecule has 0 aliphatic heterocycles. The lowest BCUT2D eigenvalue weighted by Crippen LogP contribution is -2.46. The van der Waals surface area contributed by atoms with Gasteiger partial charge in [0.1, 0.15) is 4.90 Å². The van der Waals surface area contributed by atoms with Crippen molar-refractivity contribution in [1.82, 2.24) is 14.9 Å². The Morgan fingerprint density at radius 1 is 1.29 bits per heavy atom. The molecule has 0 fully saturated rings. The molecule has 0 bridgehead atoms. The quantitative estimate of drug-likeness (QED) is 0.373. The molecule has 0 radical (unpaired) electrons. The molecule has 24 heavy (non-hydrogen) atoms. The summed E-state index contributed by atoms with van der Waals surface area (Å²) in [6.07, 6.45) is -0.493. The molecule has 11 heteroatoms. The number of hydrogen-bond donors (Lipinski definition) is 3. The summed E-state index contributed by atoms with van der Waals surface area (Å²) in [6.45, 7) is 0. The van der Waals surface area contributed by atoms with E-state index in [-0.39, 0.29) is 10.6 Å². The summed E-state index contributed by atoms with van der Waals surface area (Å²) in [5.41, 5.74) is -0.277. The van der Waals surface area contributed by atoms with Crippen LogP contribution in [0.2, 0.25) is 0 Å². The van der Waals surface area contributed by atoms with Crippen LogP contribution in [0.25, 0.3) is 0 Å². The number of carboxylic acid groups (broad SMARTS) is 1. The van der Waals surface area contributed by atoms with E-state index >= 15 is 0 Å². The number of amides is 3. The molecule has 0 saturated heterocycles. The maximum absolute atomic E-state index is 12.0. The number of hydrogen-bond acceptors (Lipinski definition) is 6. The second kappa shape index (κ2) is 8.72. The average Bonchev–Trinajstić information content (AvgIpc) is 2.56. The number of nitrogens with one attached hydrogen (secondary N) is 2. The fourth-order valence-corrected chi connectivity index (χ4v) is 2.75. The van der Waals surface area contributed by atoms with Gasteiger partial charge in [0, 0.05) is 20.2 Å². The van der Waals surface area contributed by atoms with Gasteiger partial charge in [-0.2, -0.15) is 0 Å². The first-order valence-electron chi connectivity index (χ1n) is 6.67. The van der Waals surface area contributed by atoms with Crippen LogP contribution < -0.4 is 10.6 Å². The van der Waals surface area contributed by atoms with Crippen LogP contribution in [0.1, 0.15) is 6.42 Å². The van der Waals surface area contributed by atoms with E-state index in [0.717, 1.165) is 4.31 Å². The van der Waals surface area contributed by atoms with Gasteiger partial charge in [-0.15, -0.1) is 0 Å². The van der Waals surface area contributed by atoms with Gasteiger partial charge in [0.05, 0.1) is 11.3 Å². The van der Waals surface area contributed by atoms with Crippen LogP contribution in [0.3, 0.4) is 0 Å². The third-order valence-corrected chi connectivity index (χ3v) is 4.06. The smallest absolute Gasteiger partial charge is 0.328 e. The number of nitro benzene ring substituents is 1. The molecule has 0 aromatic heterocycles. The van der Waals surface area contributed by atoms with Crippen molar-refractivity contribution in [2.24, 2.45) is 0 Å². The number of rotatable bonds is 7. The van der Waals surface area contributed by atoms with E-state index in [4.69, 9.17) is 0 Å². The fraction of sp³-hybridized carbons (Fsp3) is 0.308. The average molecular weight is 356 g/mol. The van der Waals surface area contributed by atoms with Gasteiger partial charge in [-0.1, -0.05) is 12.1 Å². The minimum Gasteiger partial charge on any atom is -0.480 e. The molecule has 1 atom stereocenters. The summed E-state index contributed by atoms with van der Waals surface area (Å²) in [4.78, 5) is 45.5. The number of carboxylic acids is 1. The SMILES string of the molecule is CNC(=O)CC(C(=O)O)N(Sc1ccccc1[N+](=O)[O-])C(=O)NC. The zero-order valence-corrected chi connectivity index (χ0v) is 13.7.